The molecule has 2 aliphatic rings. The third-order valence-corrected chi connectivity index (χ3v) is 11.5. The number of aromatic nitrogens is 6. The molecule has 0 aliphatic carbocycles. The second-order valence-corrected chi connectivity index (χ2v) is 15.6. The Morgan fingerprint density at radius 3 is 2.55 bits per heavy atom. The van der Waals surface area contributed by atoms with E-state index in [1.54, 1.807) is 4.90 Å². The summed E-state index contributed by atoms with van der Waals surface area (Å²) in [5.74, 6) is -1.84. The lowest BCUT2D eigenvalue weighted by atomic mass is 10.0. The van der Waals surface area contributed by atoms with Gasteiger partial charge in [0, 0.05) is 43.7 Å². The van der Waals surface area contributed by atoms with Crippen molar-refractivity contribution in [1.29, 1.82) is 0 Å². The molecule has 2 amide bonds. The van der Waals surface area contributed by atoms with Crippen LogP contribution in [0.4, 0.5) is 19.4 Å². The molecule has 18 heteroatoms. The van der Waals surface area contributed by atoms with Gasteiger partial charge in [-0.25, -0.2) is 33.0 Å². The van der Waals surface area contributed by atoms with Gasteiger partial charge in [-0.3, -0.25) is 9.48 Å². The molecule has 3 aromatic heterocycles. The van der Waals surface area contributed by atoms with Crippen molar-refractivity contribution in [3.8, 4) is 22.6 Å². The minimum Gasteiger partial charge on any atom is -0.488 e. The number of carbonyl (C=O) groups is 3. The van der Waals surface area contributed by atoms with Crippen molar-refractivity contribution in [3.63, 3.8) is 0 Å². The number of piperazine rings is 1. The first-order valence-corrected chi connectivity index (χ1v) is 20.9. The summed E-state index contributed by atoms with van der Waals surface area (Å²) < 4.78 is 49.5. The van der Waals surface area contributed by atoms with Crippen LogP contribution >= 0.6 is 0 Å². The first kappa shape index (κ1) is 41.9. The number of nitrogens with two attached hydrogens (primary N) is 1. The van der Waals surface area contributed by atoms with Crippen molar-refractivity contribution in [1.82, 2.24) is 39.3 Å². The number of ether oxygens (including phenoxy) is 3. The van der Waals surface area contributed by atoms with Gasteiger partial charge in [0.2, 0.25) is 5.91 Å². The lowest BCUT2D eigenvalue weighted by molar-refractivity contribution is -0.156. The number of hydrogen-bond acceptors (Lipinski definition) is 12. The van der Waals surface area contributed by atoms with Crippen molar-refractivity contribution in [3.05, 3.63) is 127 Å². The fourth-order valence-corrected chi connectivity index (χ4v) is 8.43. The van der Waals surface area contributed by atoms with Crippen LogP contribution in [0.25, 0.3) is 38.8 Å². The van der Waals surface area contributed by atoms with Crippen molar-refractivity contribution in [2.75, 3.05) is 44.7 Å². The smallest absolute Gasteiger partial charge is 0.410 e. The Hall–Kier alpha value is -7.47. The number of hydrogen-bond donors (Lipinski definition) is 1. The minimum absolute atomic E-state index is 0.00621. The zero-order valence-corrected chi connectivity index (χ0v) is 34.8. The van der Waals surface area contributed by atoms with Gasteiger partial charge in [0.1, 0.15) is 54.2 Å². The van der Waals surface area contributed by atoms with Crippen molar-refractivity contribution >= 4 is 45.7 Å². The van der Waals surface area contributed by atoms with Gasteiger partial charge in [-0.05, 0) is 60.0 Å². The molecule has 2 fully saturated rings. The van der Waals surface area contributed by atoms with E-state index in [0.717, 1.165) is 46.1 Å². The van der Waals surface area contributed by atoms with Gasteiger partial charge in [-0.1, -0.05) is 54.6 Å². The summed E-state index contributed by atoms with van der Waals surface area (Å²) in [7, 11) is 1.23. The van der Waals surface area contributed by atoms with Crippen molar-refractivity contribution in [2.45, 2.75) is 44.2 Å². The molecular weight excluding hydrogens is 827 g/mol. The molecule has 16 nitrogen and oxygen atoms in total. The predicted octanol–water partition coefficient (Wildman–Crippen LogP) is 5.51. The van der Waals surface area contributed by atoms with Crippen LogP contribution in [0.3, 0.4) is 0 Å². The molecular formula is C46H44F2N10O6. The molecule has 0 saturated carbocycles. The Kier molecular flexibility index (Phi) is 11.8. The topological polar surface area (TPSA) is 176 Å². The first-order valence-electron chi connectivity index (χ1n) is 20.9. The predicted molar refractivity (Wildman–Crippen MR) is 231 cm³/mol. The van der Waals surface area contributed by atoms with Gasteiger partial charge in [-0.2, -0.15) is 10.2 Å². The molecule has 0 spiro atoms. The lowest BCUT2D eigenvalue weighted by Gasteiger charge is -2.41. The molecule has 0 bridgehead atoms. The summed E-state index contributed by atoms with van der Waals surface area (Å²) in [5.41, 5.74) is 9.47. The number of amides is 2. The Morgan fingerprint density at radius 2 is 1.73 bits per heavy atom. The van der Waals surface area contributed by atoms with E-state index in [2.05, 4.69) is 15.1 Å². The average molecular weight is 871 g/mol. The molecule has 3 atom stereocenters. The number of esters is 1. The number of fused-ring (bicyclic) bond motifs is 2. The first-order chi connectivity index (χ1) is 31.2. The third-order valence-electron chi connectivity index (χ3n) is 11.5. The van der Waals surface area contributed by atoms with E-state index in [0.29, 0.717) is 30.0 Å². The molecule has 9 rings (SSSR count). The number of rotatable bonds is 12. The molecule has 4 aromatic carbocycles. The summed E-state index contributed by atoms with van der Waals surface area (Å²) in [6.45, 7) is 1.41. The second kappa shape index (κ2) is 18.1. The van der Waals surface area contributed by atoms with E-state index in [9.17, 15) is 18.8 Å². The van der Waals surface area contributed by atoms with Crippen LogP contribution in [0, 0.1) is 11.6 Å². The summed E-state index contributed by atoms with van der Waals surface area (Å²) in [6, 6.07) is 23.9. The van der Waals surface area contributed by atoms with Crippen LogP contribution < -0.4 is 15.4 Å². The van der Waals surface area contributed by atoms with Crippen LogP contribution in [0.5, 0.6) is 5.75 Å². The Morgan fingerprint density at radius 1 is 0.891 bits per heavy atom. The molecule has 2 aliphatic heterocycles. The fraction of sp³-hybridized carbons (Fsp3) is 0.283. The number of anilines is 1. The van der Waals surface area contributed by atoms with E-state index < -0.39 is 47.8 Å². The highest BCUT2D eigenvalue weighted by atomic mass is 19.1. The largest absolute Gasteiger partial charge is 0.488 e. The number of benzene rings is 4. The molecule has 5 heterocycles. The summed E-state index contributed by atoms with van der Waals surface area (Å²) in [6.07, 6.45) is 4.54. The highest BCUT2D eigenvalue weighted by Crippen LogP contribution is 2.36. The fourth-order valence-electron chi connectivity index (χ4n) is 8.43. The molecule has 64 heavy (non-hydrogen) atoms. The molecule has 2 N–H and O–H groups in total. The standard InChI is InChI=1S/C46H44F2N10O6/c1-62-45(60)41-26-54(46(61)63-27-29-8-3-2-4-9-29)18-19-56(41)44(59)40-22-33(24-57(40)42-35-23-52-58(43(35)51-28-50-42)39-15-14-31(47)21-37(39)48)64-32-11-5-10-30(20-32)34-12-6-13-38-36(34)25-55(53-38)17-7-16-49/h2-6,8-15,20-21,23,25,28,33,40-41H,7,16-19,22,24,26-27,49H2,1H3/t33-,40-,41-/m0/s1. The Bertz CT molecular complexity index is 2840. The van der Waals surface area contributed by atoms with E-state index in [-0.39, 0.29) is 50.5 Å². The number of methoxy groups -OCH3 is 1. The van der Waals surface area contributed by atoms with Crippen LogP contribution in [-0.2, 0) is 32.2 Å². The zero-order valence-electron chi connectivity index (χ0n) is 34.8. The highest BCUT2D eigenvalue weighted by molar-refractivity contribution is 5.96. The number of nitrogens with zero attached hydrogens (tertiary/aromatic N) is 9. The van der Waals surface area contributed by atoms with Gasteiger partial charge < -0.3 is 34.6 Å². The lowest BCUT2D eigenvalue weighted by Crippen LogP contribution is -2.62. The van der Waals surface area contributed by atoms with Gasteiger partial charge >= 0.3 is 12.1 Å². The zero-order chi connectivity index (χ0) is 44.3. The minimum atomic E-state index is -1.15. The maximum Gasteiger partial charge on any atom is 0.410 e. The average Bonchev–Trinajstić information content (AvgIpc) is 4.07. The Labute approximate surface area is 365 Å². The maximum absolute atomic E-state index is 15.1. The van der Waals surface area contributed by atoms with Crippen molar-refractivity contribution < 1.29 is 37.4 Å². The SMILES string of the molecule is COC(=O)[C@@H]1CN(C(=O)OCc2ccccc2)CCN1C(=O)[C@@H]1C[C@H](Oc2cccc(-c3cccc4nn(CCCN)cc34)c2)CN1c1ncnc2c1cnn2-c1ccc(F)cc1F. The van der Waals surface area contributed by atoms with Crippen LogP contribution in [0.2, 0.25) is 0 Å². The molecule has 0 unspecified atom stereocenters. The molecule has 0 radical (unpaired) electrons. The van der Waals surface area contributed by atoms with E-state index >= 15 is 4.39 Å². The van der Waals surface area contributed by atoms with Crippen LogP contribution in [0.1, 0.15) is 18.4 Å². The highest BCUT2D eigenvalue weighted by Gasteiger charge is 2.46. The number of halogens is 2. The summed E-state index contributed by atoms with van der Waals surface area (Å²) in [4.78, 5) is 55.3. The number of carbonyl (C=O) groups excluding carboxylic acids is 3. The van der Waals surface area contributed by atoms with Gasteiger partial charge in [-0.15, -0.1) is 0 Å². The van der Waals surface area contributed by atoms with Gasteiger partial charge in [0.15, 0.2) is 11.5 Å². The molecule has 328 valence electrons. The van der Waals surface area contributed by atoms with E-state index in [4.69, 9.17) is 25.0 Å². The monoisotopic (exact) mass is 870 g/mol. The molecule has 7 aromatic rings. The second-order valence-electron chi connectivity index (χ2n) is 15.6. The maximum atomic E-state index is 15.1. The third kappa shape index (κ3) is 8.38. The van der Waals surface area contributed by atoms with E-state index in [1.807, 2.05) is 83.7 Å². The van der Waals surface area contributed by atoms with Crippen LogP contribution in [0.15, 0.2) is 110 Å². The van der Waals surface area contributed by atoms with Crippen molar-refractivity contribution in [2.24, 2.45) is 5.73 Å². The number of aryl methyl sites for hydroxylation is 1. The summed E-state index contributed by atoms with van der Waals surface area (Å²) >= 11 is 0. The normalized spacial score (nSPS) is 17.6. The molecule has 2 saturated heterocycles. The van der Waals surface area contributed by atoms with Gasteiger partial charge in [0.25, 0.3) is 0 Å². The van der Waals surface area contributed by atoms with Gasteiger partial charge in [0.05, 0.1) is 37.3 Å². The quantitative estimate of drug-likeness (QED) is 0.153. The summed E-state index contributed by atoms with van der Waals surface area (Å²) in [5, 5.41) is 10.5. The Balaban J connectivity index is 1.02. The van der Waals surface area contributed by atoms with E-state index in [1.165, 1.54) is 40.2 Å². The van der Waals surface area contributed by atoms with Crippen LogP contribution in [-0.4, -0.2) is 115 Å².